The smallest absolute Gasteiger partial charge is 0.466 e. The van der Waals surface area contributed by atoms with Crippen LogP contribution in [0.3, 0.4) is 0 Å². The van der Waals surface area contributed by atoms with E-state index in [1.165, 1.54) is 12.8 Å². The number of rotatable bonds is 0. The lowest BCUT2D eigenvalue weighted by atomic mass is 10.8. The molecule has 0 saturated carbocycles. The number of aliphatic imine (C=N–C) groups is 2. The van der Waals surface area contributed by atoms with E-state index in [9.17, 15) is 0 Å². The van der Waals surface area contributed by atoms with Gasteiger partial charge in [-0.3, -0.25) is 9.98 Å². The predicted octanol–water partition coefficient (Wildman–Crippen LogP) is -2.22. The van der Waals surface area contributed by atoms with Crippen LogP contribution in [0.5, 0.6) is 0 Å². The Kier molecular flexibility index (Phi) is 10.7. The number of nitrogen functional groups attached to an aromatic ring is 3. The van der Waals surface area contributed by atoms with Crippen molar-refractivity contribution in [1.29, 1.82) is 0 Å². The lowest BCUT2D eigenvalue weighted by Crippen LogP contribution is -2.05. The largest absolute Gasteiger partial charge is 0.482 e. The van der Waals surface area contributed by atoms with Gasteiger partial charge in [0.15, 0.2) is 12.8 Å². The van der Waals surface area contributed by atoms with Crippen LogP contribution in [-0.4, -0.2) is 68.7 Å². The number of hydrogen-bond donors (Lipinski definition) is 6. The lowest BCUT2D eigenvalue weighted by Gasteiger charge is -1.93. The van der Waals surface area contributed by atoms with Crippen molar-refractivity contribution in [2.45, 2.75) is 0 Å². The van der Waals surface area contributed by atoms with E-state index >= 15 is 0 Å². The molecule has 0 radical (unpaired) electrons. The van der Waals surface area contributed by atoms with Crippen LogP contribution in [-0.2, 0) is 14.0 Å². The molecule has 0 amide bonds. The van der Waals surface area contributed by atoms with Crippen LogP contribution < -0.4 is 17.2 Å². The normalized spacial score (nSPS) is 14.0. The number of aromatic nitrogens is 3. The molecular weight excluding hydrogens is 347 g/mol. The average Bonchev–Trinajstić information content (AvgIpc) is 3.15. The standard InChI is InChI=1S/C3H6N6.2C3H5NO.H3O4P/c4-1-7-2(5)9-3(6)8-1;2*1-2-5-3-4-1;1-5(2,3)4/h(H6,4,5,6,7,8,9);2*3H,1-2H2;(H3,1,2,3,4). The van der Waals surface area contributed by atoms with Crippen molar-refractivity contribution in [1.82, 2.24) is 15.0 Å². The molecule has 0 atom stereocenters. The van der Waals surface area contributed by atoms with Gasteiger partial charge in [0.2, 0.25) is 17.8 Å². The third-order valence-electron chi connectivity index (χ3n) is 1.66. The summed E-state index contributed by atoms with van der Waals surface area (Å²) < 4.78 is 18.2. The van der Waals surface area contributed by atoms with Gasteiger partial charge in [-0.25, -0.2) is 4.57 Å². The Morgan fingerprint density at radius 2 is 1.12 bits per heavy atom. The Hall–Kier alpha value is -2.54. The van der Waals surface area contributed by atoms with E-state index in [4.69, 9.17) is 36.4 Å². The van der Waals surface area contributed by atoms with Crippen molar-refractivity contribution >= 4 is 38.5 Å². The molecule has 136 valence electrons. The molecule has 2 aliphatic heterocycles. The van der Waals surface area contributed by atoms with E-state index in [-0.39, 0.29) is 17.8 Å². The molecule has 0 unspecified atom stereocenters. The number of nitrogens with zero attached hydrogens (tertiary/aromatic N) is 5. The van der Waals surface area contributed by atoms with Gasteiger partial charge >= 0.3 is 7.82 Å². The van der Waals surface area contributed by atoms with Crippen molar-refractivity contribution in [3.63, 3.8) is 0 Å². The molecule has 1 aromatic heterocycles. The molecule has 0 aromatic carbocycles. The zero-order valence-electron chi connectivity index (χ0n) is 12.5. The Bertz CT molecular complexity index is 492. The number of ether oxygens (including phenoxy) is 2. The van der Waals surface area contributed by atoms with Crippen molar-refractivity contribution in [2.24, 2.45) is 9.98 Å². The molecule has 1 aromatic rings. The quantitative estimate of drug-likeness (QED) is 0.268. The molecule has 0 saturated heterocycles. The first-order valence-electron chi connectivity index (χ1n) is 6.19. The molecule has 3 rings (SSSR count). The molecule has 24 heavy (non-hydrogen) atoms. The minimum absolute atomic E-state index is 0.0417. The van der Waals surface area contributed by atoms with Crippen LogP contribution in [0, 0.1) is 0 Å². The van der Waals surface area contributed by atoms with Gasteiger partial charge in [-0.05, 0) is 0 Å². The maximum atomic E-state index is 8.88. The molecule has 0 bridgehead atoms. The maximum Gasteiger partial charge on any atom is 0.466 e. The summed E-state index contributed by atoms with van der Waals surface area (Å²) in [7, 11) is -4.64. The Balaban J connectivity index is 0.000000307. The second kappa shape index (κ2) is 12.0. The van der Waals surface area contributed by atoms with E-state index in [2.05, 4.69) is 34.4 Å². The van der Waals surface area contributed by atoms with Gasteiger partial charge < -0.3 is 41.4 Å². The van der Waals surface area contributed by atoms with Crippen molar-refractivity contribution in [3.8, 4) is 0 Å². The van der Waals surface area contributed by atoms with Crippen LogP contribution in [0.4, 0.5) is 17.8 Å². The maximum absolute atomic E-state index is 8.88. The summed E-state index contributed by atoms with van der Waals surface area (Å²) in [6.45, 7) is 3.25. The van der Waals surface area contributed by atoms with Crippen molar-refractivity contribution in [3.05, 3.63) is 0 Å². The van der Waals surface area contributed by atoms with Crippen LogP contribution >= 0.6 is 7.82 Å². The molecule has 2 aliphatic rings. The second-order valence-corrected chi connectivity index (χ2v) is 4.71. The van der Waals surface area contributed by atoms with Crippen molar-refractivity contribution in [2.75, 3.05) is 43.5 Å². The molecular formula is C9H19N8O6P. The fourth-order valence-electron chi connectivity index (χ4n) is 0.954. The highest BCUT2D eigenvalue weighted by Gasteiger charge is 2.00. The summed E-state index contributed by atoms with van der Waals surface area (Å²) in [5, 5.41) is 0. The first kappa shape index (κ1) is 21.5. The number of hydrogen-bond acceptors (Lipinski definition) is 11. The third-order valence-corrected chi connectivity index (χ3v) is 1.66. The zero-order valence-corrected chi connectivity index (χ0v) is 13.4. The molecule has 9 N–H and O–H groups in total. The highest BCUT2D eigenvalue weighted by Crippen LogP contribution is 2.25. The van der Waals surface area contributed by atoms with Crippen molar-refractivity contribution < 1.29 is 28.7 Å². The average molecular weight is 366 g/mol. The van der Waals surface area contributed by atoms with Crippen LogP contribution in [0.25, 0.3) is 0 Å². The summed E-state index contributed by atoms with van der Waals surface area (Å²) in [5.74, 6) is 0.125. The summed E-state index contributed by atoms with van der Waals surface area (Å²) in [6.07, 6.45) is 2.97. The number of phosphoric acid groups is 1. The molecule has 0 aliphatic carbocycles. The summed E-state index contributed by atoms with van der Waals surface area (Å²) in [4.78, 5) is 39.5. The molecule has 14 nitrogen and oxygen atoms in total. The SMILES string of the molecule is C1=NCCO1.C1=NCCO1.Nc1nc(N)nc(N)n1.O=P(O)(O)O. The van der Waals surface area contributed by atoms with E-state index in [0.29, 0.717) is 0 Å². The summed E-state index contributed by atoms with van der Waals surface area (Å²) in [5.41, 5.74) is 15.4. The van der Waals surface area contributed by atoms with Gasteiger partial charge in [-0.1, -0.05) is 0 Å². The van der Waals surface area contributed by atoms with Gasteiger partial charge in [0.1, 0.15) is 13.2 Å². The van der Waals surface area contributed by atoms with Gasteiger partial charge in [0.25, 0.3) is 0 Å². The van der Waals surface area contributed by atoms with Gasteiger partial charge in [-0.15, -0.1) is 0 Å². The Labute approximate surface area is 136 Å². The number of nitrogens with two attached hydrogens (primary N) is 3. The highest BCUT2D eigenvalue weighted by molar-refractivity contribution is 7.45. The van der Waals surface area contributed by atoms with E-state index in [1.807, 2.05) is 0 Å². The second-order valence-electron chi connectivity index (χ2n) is 3.69. The molecule has 0 fully saturated rings. The van der Waals surface area contributed by atoms with Crippen LogP contribution in [0.1, 0.15) is 0 Å². The Morgan fingerprint density at radius 1 is 0.833 bits per heavy atom. The predicted molar refractivity (Wildman–Crippen MR) is 85.9 cm³/mol. The van der Waals surface area contributed by atoms with E-state index in [1.54, 1.807) is 0 Å². The summed E-state index contributed by atoms with van der Waals surface area (Å²) >= 11 is 0. The van der Waals surface area contributed by atoms with Crippen LogP contribution in [0.2, 0.25) is 0 Å². The molecule has 3 heterocycles. The van der Waals surface area contributed by atoms with E-state index < -0.39 is 7.82 Å². The fraction of sp³-hybridized carbons (Fsp3) is 0.444. The number of anilines is 3. The van der Waals surface area contributed by atoms with E-state index in [0.717, 1.165) is 26.3 Å². The Morgan fingerprint density at radius 3 is 1.25 bits per heavy atom. The topological polar surface area (TPSA) is 238 Å². The highest BCUT2D eigenvalue weighted by atomic mass is 31.2. The third kappa shape index (κ3) is 17.5. The minimum atomic E-state index is -4.64. The first-order valence-corrected chi connectivity index (χ1v) is 7.75. The molecule has 0 spiro atoms. The molecule has 15 heteroatoms. The van der Waals surface area contributed by atoms with Gasteiger partial charge in [-0.2, -0.15) is 15.0 Å². The zero-order chi connectivity index (χ0) is 18.4. The van der Waals surface area contributed by atoms with Gasteiger partial charge in [0, 0.05) is 0 Å². The lowest BCUT2D eigenvalue weighted by molar-refractivity contribution is 0.275. The first-order chi connectivity index (χ1) is 11.2. The monoisotopic (exact) mass is 366 g/mol. The van der Waals surface area contributed by atoms with Crippen LogP contribution in [0.15, 0.2) is 9.98 Å². The fourth-order valence-corrected chi connectivity index (χ4v) is 0.954. The minimum Gasteiger partial charge on any atom is -0.482 e. The summed E-state index contributed by atoms with van der Waals surface area (Å²) in [6, 6.07) is 0. The van der Waals surface area contributed by atoms with Gasteiger partial charge in [0.05, 0.1) is 13.1 Å².